The zero-order valence-corrected chi connectivity index (χ0v) is 9.23. The summed E-state index contributed by atoms with van der Waals surface area (Å²) in [6, 6.07) is 2.95. The van der Waals surface area contributed by atoms with E-state index in [2.05, 4.69) is 10.3 Å². The number of pyridine rings is 1. The SMILES string of the molecule is NC1CC(NC(=O)COc2ccc(F)cn2)C1. The number of ether oxygens (including phenoxy) is 1. The van der Waals surface area contributed by atoms with Crippen molar-refractivity contribution in [3.63, 3.8) is 0 Å². The molecule has 1 aromatic rings. The van der Waals surface area contributed by atoms with Gasteiger partial charge in [-0.25, -0.2) is 9.37 Å². The van der Waals surface area contributed by atoms with Crippen LogP contribution in [0.4, 0.5) is 4.39 Å². The number of rotatable bonds is 4. The Balaban J connectivity index is 1.70. The Labute approximate surface area is 98.2 Å². The summed E-state index contributed by atoms with van der Waals surface area (Å²) in [4.78, 5) is 15.1. The largest absolute Gasteiger partial charge is 0.468 e. The van der Waals surface area contributed by atoms with Gasteiger partial charge in [0.25, 0.3) is 5.91 Å². The highest BCUT2D eigenvalue weighted by molar-refractivity contribution is 5.77. The Morgan fingerprint density at radius 2 is 2.35 bits per heavy atom. The van der Waals surface area contributed by atoms with E-state index in [1.165, 1.54) is 12.1 Å². The Morgan fingerprint density at radius 3 is 2.94 bits per heavy atom. The summed E-state index contributed by atoms with van der Waals surface area (Å²) in [6.07, 6.45) is 2.65. The molecule has 0 bridgehead atoms. The van der Waals surface area contributed by atoms with E-state index in [0.29, 0.717) is 0 Å². The molecule has 6 heteroatoms. The van der Waals surface area contributed by atoms with Crippen LogP contribution in [0.15, 0.2) is 18.3 Å². The molecule has 0 spiro atoms. The number of hydrogen-bond donors (Lipinski definition) is 2. The number of amides is 1. The van der Waals surface area contributed by atoms with Gasteiger partial charge in [-0.2, -0.15) is 0 Å². The van der Waals surface area contributed by atoms with E-state index in [9.17, 15) is 9.18 Å². The van der Waals surface area contributed by atoms with E-state index in [1.54, 1.807) is 0 Å². The van der Waals surface area contributed by atoms with Crippen LogP contribution >= 0.6 is 0 Å². The standard InChI is InChI=1S/C11H14FN3O2/c12-7-1-2-11(14-5-7)17-6-10(16)15-9-3-8(13)4-9/h1-2,5,8-9H,3-4,6,13H2,(H,15,16). The highest BCUT2D eigenvalue weighted by Crippen LogP contribution is 2.17. The monoisotopic (exact) mass is 239 g/mol. The molecule has 1 saturated carbocycles. The second kappa shape index (κ2) is 5.09. The maximum atomic E-state index is 12.5. The van der Waals surface area contributed by atoms with E-state index in [-0.39, 0.29) is 30.5 Å². The molecule has 1 aliphatic carbocycles. The first-order valence-corrected chi connectivity index (χ1v) is 5.43. The molecule has 0 unspecified atom stereocenters. The van der Waals surface area contributed by atoms with Gasteiger partial charge < -0.3 is 15.8 Å². The third kappa shape index (κ3) is 3.39. The molecular formula is C11H14FN3O2. The van der Waals surface area contributed by atoms with Gasteiger partial charge in [0.05, 0.1) is 6.20 Å². The van der Waals surface area contributed by atoms with Gasteiger partial charge in [0, 0.05) is 18.2 Å². The summed E-state index contributed by atoms with van der Waals surface area (Å²) in [5.41, 5.74) is 5.60. The molecule has 1 aromatic heterocycles. The van der Waals surface area contributed by atoms with E-state index in [0.717, 1.165) is 19.0 Å². The van der Waals surface area contributed by atoms with Crippen molar-refractivity contribution in [3.8, 4) is 5.88 Å². The third-order valence-electron chi connectivity index (χ3n) is 2.59. The van der Waals surface area contributed by atoms with Crippen LogP contribution in [0, 0.1) is 5.82 Å². The average Bonchev–Trinajstić information content (AvgIpc) is 2.26. The number of hydrogen-bond acceptors (Lipinski definition) is 4. The number of aromatic nitrogens is 1. The first kappa shape index (κ1) is 11.8. The van der Waals surface area contributed by atoms with Gasteiger partial charge in [0.1, 0.15) is 5.82 Å². The Morgan fingerprint density at radius 1 is 1.59 bits per heavy atom. The van der Waals surface area contributed by atoms with Crippen molar-refractivity contribution >= 4 is 5.91 Å². The zero-order chi connectivity index (χ0) is 12.3. The quantitative estimate of drug-likeness (QED) is 0.787. The smallest absolute Gasteiger partial charge is 0.258 e. The van der Waals surface area contributed by atoms with Gasteiger partial charge in [-0.15, -0.1) is 0 Å². The van der Waals surface area contributed by atoms with Crippen molar-refractivity contribution in [2.24, 2.45) is 5.73 Å². The molecule has 1 aliphatic rings. The fourth-order valence-corrected chi connectivity index (χ4v) is 1.64. The zero-order valence-electron chi connectivity index (χ0n) is 9.23. The Bertz CT molecular complexity index is 390. The van der Waals surface area contributed by atoms with Gasteiger partial charge in [-0.3, -0.25) is 4.79 Å². The van der Waals surface area contributed by atoms with Crippen LogP contribution in [0.2, 0.25) is 0 Å². The predicted octanol–water partition coefficient (Wildman–Crippen LogP) is 0.205. The van der Waals surface area contributed by atoms with Crippen LogP contribution < -0.4 is 15.8 Å². The van der Waals surface area contributed by atoms with Gasteiger partial charge in [0.2, 0.25) is 5.88 Å². The fourth-order valence-electron chi connectivity index (χ4n) is 1.64. The molecule has 0 aliphatic heterocycles. The predicted molar refractivity (Wildman–Crippen MR) is 58.8 cm³/mol. The number of nitrogens with zero attached hydrogens (tertiary/aromatic N) is 1. The first-order valence-electron chi connectivity index (χ1n) is 5.43. The van der Waals surface area contributed by atoms with Crippen molar-refractivity contribution in [3.05, 3.63) is 24.1 Å². The van der Waals surface area contributed by atoms with Crippen LogP contribution in [0.5, 0.6) is 5.88 Å². The highest BCUT2D eigenvalue weighted by Gasteiger charge is 2.27. The lowest BCUT2D eigenvalue weighted by molar-refractivity contribution is -0.124. The van der Waals surface area contributed by atoms with Crippen molar-refractivity contribution in [2.45, 2.75) is 24.9 Å². The molecule has 0 radical (unpaired) electrons. The molecule has 0 atom stereocenters. The summed E-state index contributed by atoms with van der Waals surface area (Å²) in [6.45, 7) is -0.121. The van der Waals surface area contributed by atoms with Crippen molar-refractivity contribution in [2.75, 3.05) is 6.61 Å². The van der Waals surface area contributed by atoms with Gasteiger partial charge in [-0.05, 0) is 18.9 Å². The third-order valence-corrected chi connectivity index (χ3v) is 2.59. The topological polar surface area (TPSA) is 77.2 Å². The van der Waals surface area contributed by atoms with Crippen LogP contribution in [0.25, 0.3) is 0 Å². The van der Waals surface area contributed by atoms with Crippen molar-refractivity contribution in [1.82, 2.24) is 10.3 Å². The summed E-state index contributed by atoms with van der Waals surface area (Å²) >= 11 is 0. The molecule has 2 rings (SSSR count). The van der Waals surface area contributed by atoms with Gasteiger partial charge in [-0.1, -0.05) is 0 Å². The average molecular weight is 239 g/mol. The fraction of sp³-hybridized carbons (Fsp3) is 0.455. The number of carbonyl (C=O) groups excluding carboxylic acids is 1. The minimum atomic E-state index is -0.440. The molecule has 1 fully saturated rings. The molecule has 0 aromatic carbocycles. The van der Waals surface area contributed by atoms with E-state index in [1.807, 2.05) is 0 Å². The molecule has 5 nitrogen and oxygen atoms in total. The van der Waals surface area contributed by atoms with Crippen LogP contribution in [0.3, 0.4) is 0 Å². The Hall–Kier alpha value is -1.69. The van der Waals surface area contributed by atoms with E-state index in [4.69, 9.17) is 10.5 Å². The van der Waals surface area contributed by atoms with Crippen LogP contribution in [0.1, 0.15) is 12.8 Å². The molecule has 1 amide bonds. The molecular weight excluding hydrogens is 225 g/mol. The van der Waals surface area contributed by atoms with Crippen LogP contribution in [-0.2, 0) is 4.79 Å². The number of nitrogens with one attached hydrogen (secondary N) is 1. The van der Waals surface area contributed by atoms with Gasteiger partial charge in [0.15, 0.2) is 6.61 Å². The number of carbonyl (C=O) groups is 1. The van der Waals surface area contributed by atoms with Gasteiger partial charge >= 0.3 is 0 Å². The highest BCUT2D eigenvalue weighted by atomic mass is 19.1. The molecule has 0 saturated heterocycles. The van der Waals surface area contributed by atoms with Crippen LogP contribution in [-0.4, -0.2) is 29.6 Å². The Kier molecular flexibility index (Phi) is 3.53. The lowest BCUT2D eigenvalue weighted by Crippen LogP contribution is -2.51. The first-order chi connectivity index (χ1) is 8.13. The van der Waals surface area contributed by atoms with E-state index < -0.39 is 5.82 Å². The summed E-state index contributed by atoms with van der Waals surface area (Å²) in [5, 5.41) is 2.78. The molecule has 1 heterocycles. The molecule has 92 valence electrons. The normalized spacial score (nSPS) is 22.7. The minimum Gasteiger partial charge on any atom is -0.468 e. The summed E-state index contributed by atoms with van der Waals surface area (Å²) in [5.74, 6) is -0.426. The molecule has 3 N–H and O–H groups in total. The maximum Gasteiger partial charge on any atom is 0.258 e. The number of halogens is 1. The molecule has 17 heavy (non-hydrogen) atoms. The summed E-state index contributed by atoms with van der Waals surface area (Å²) in [7, 11) is 0. The van der Waals surface area contributed by atoms with Crippen molar-refractivity contribution in [1.29, 1.82) is 0 Å². The second-order valence-electron chi connectivity index (χ2n) is 4.10. The van der Waals surface area contributed by atoms with Crippen molar-refractivity contribution < 1.29 is 13.9 Å². The maximum absolute atomic E-state index is 12.5. The summed E-state index contributed by atoms with van der Waals surface area (Å²) < 4.78 is 17.6. The second-order valence-corrected chi connectivity index (χ2v) is 4.10. The number of nitrogens with two attached hydrogens (primary N) is 1. The lowest BCUT2D eigenvalue weighted by atomic mass is 9.88. The minimum absolute atomic E-state index is 0.121. The van der Waals surface area contributed by atoms with E-state index >= 15 is 0 Å². The lowest BCUT2D eigenvalue weighted by Gasteiger charge is -2.32.